The highest BCUT2D eigenvalue weighted by molar-refractivity contribution is 6.26. The van der Waals surface area contributed by atoms with Gasteiger partial charge in [-0.2, -0.15) is 10.5 Å². The summed E-state index contributed by atoms with van der Waals surface area (Å²) in [5.74, 6) is 2.01. The van der Waals surface area contributed by atoms with Gasteiger partial charge in [0.1, 0.15) is 17.7 Å². The lowest BCUT2D eigenvalue weighted by atomic mass is 9.57. The van der Waals surface area contributed by atoms with Gasteiger partial charge in [0.25, 0.3) is 0 Å². The van der Waals surface area contributed by atoms with Crippen LogP contribution >= 0.6 is 11.6 Å². The molecule has 4 heteroatoms. The highest BCUT2D eigenvalue weighted by atomic mass is 35.5. The molecule has 0 saturated heterocycles. The van der Waals surface area contributed by atoms with Crippen molar-refractivity contribution in [3.05, 3.63) is 126 Å². The first-order chi connectivity index (χ1) is 20.1. The Labute approximate surface area is 246 Å². The van der Waals surface area contributed by atoms with Crippen molar-refractivity contribution >= 4 is 28.7 Å². The van der Waals surface area contributed by atoms with E-state index in [-0.39, 0.29) is 21.3 Å². The van der Waals surface area contributed by atoms with Gasteiger partial charge in [-0.15, -0.1) is 11.6 Å². The fourth-order valence-electron chi connectivity index (χ4n) is 10.3. The van der Waals surface area contributed by atoms with Crippen molar-refractivity contribution in [1.82, 2.24) is 0 Å². The van der Waals surface area contributed by atoms with E-state index in [1.807, 2.05) is 12.2 Å². The SMILES string of the molecule is N#CC(C#N)=C1C=CC2(C=C1)C1(Cl)C3CCC1C1CCC3C12c1ccc(N(c2ccccc2)c2ccccc2)cc1. The quantitative estimate of drug-likeness (QED) is 0.240. The topological polar surface area (TPSA) is 50.8 Å². The fourth-order valence-corrected chi connectivity index (χ4v) is 11.1. The molecule has 4 atom stereocenters. The number of alkyl halides is 1. The molecule has 3 nitrogen and oxygen atoms in total. The van der Waals surface area contributed by atoms with E-state index in [9.17, 15) is 10.5 Å². The molecular formula is C37H30ClN3. The minimum Gasteiger partial charge on any atom is -0.311 e. The molecule has 0 N–H and O–H groups in total. The summed E-state index contributed by atoms with van der Waals surface area (Å²) in [5.41, 5.74) is 5.21. The third-order valence-corrected chi connectivity index (χ3v) is 12.2. The van der Waals surface area contributed by atoms with Crippen LogP contribution in [0, 0.1) is 51.7 Å². The van der Waals surface area contributed by atoms with Crippen LogP contribution in [-0.2, 0) is 5.41 Å². The van der Waals surface area contributed by atoms with E-state index in [2.05, 4.69) is 114 Å². The second-order valence-corrected chi connectivity index (χ2v) is 13.0. The third-order valence-electron chi connectivity index (χ3n) is 11.3. The molecular weight excluding hydrogens is 522 g/mol. The molecule has 41 heavy (non-hydrogen) atoms. The molecule has 0 radical (unpaired) electrons. The molecule has 0 heterocycles. The number of halogens is 1. The minimum atomic E-state index is -0.335. The summed E-state index contributed by atoms with van der Waals surface area (Å²) < 4.78 is 0. The molecule has 3 aromatic rings. The van der Waals surface area contributed by atoms with Gasteiger partial charge in [-0.1, -0.05) is 72.8 Å². The first-order valence-electron chi connectivity index (χ1n) is 14.7. The summed E-state index contributed by atoms with van der Waals surface area (Å²) in [6.07, 6.45) is 13.5. The molecule has 4 saturated carbocycles. The number of allylic oxidation sites excluding steroid dienone is 6. The van der Waals surface area contributed by atoms with Crippen LogP contribution in [0.15, 0.2) is 120 Å². The van der Waals surface area contributed by atoms with Gasteiger partial charge < -0.3 is 4.90 Å². The van der Waals surface area contributed by atoms with Crippen molar-refractivity contribution in [3.63, 3.8) is 0 Å². The Hall–Kier alpha value is -4.05. The second kappa shape index (κ2) is 8.72. The zero-order valence-corrected chi connectivity index (χ0v) is 23.5. The Morgan fingerprint density at radius 3 is 1.61 bits per heavy atom. The predicted molar refractivity (Wildman–Crippen MR) is 163 cm³/mol. The summed E-state index contributed by atoms with van der Waals surface area (Å²) in [4.78, 5) is 1.99. The summed E-state index contributed by atoms with van der Waals surface area (Å²) in [7, 11) is 0. The Morgan fingerprint density at radius 2 is 1.12 bits per heavy atom. The van der Waals surface area contributed by atoms with Crippen molar-refractivity contribution < 1.29 is 0 Å². The molecule has 0 amide bonds. The average Bonchev–Trinajstić information content (AvgIpc) is 3.59. The Kier molecular flexibility index (Phi) is 5.26. The van der Waals surface area contributed by atoms with Gasteiger partial charge >= 0.3 is 0 Å². The van der Waals surface area contributed by atoms with Crippen LogP contribution in [0.4, 0.5) is 17.1 Å². The highest BCUT2D eigenvalue weighted by Crippen LogP contribution is 2.87. The number of fused-ring (bicyclic) bond motifs is 2. The number of hydrogen-bond donors (Lipinski definition) is 0. The highest BCUT2D eigenvalue weighted by Gasteiger charge is 2.87. The van der Waals surface area contributed by atoms with Crippen LogP contribution in [0.3, 0.4) is 0 Å². The van der Waals surface area contributed by atoms with E-state index in [1.165, 1.54) is 31.2 Å². The summed E-state index contributed by atoms with van der Waals surface area (Å²) in [6, 6.07) is 34.5. The van der Waals surface area contributed by atoms with Crippen molar-refractivity contribution in [2.24, 2.45) is 29.1 Å². The standard InChI is InChI=1S/C37H30ClN3/c38-37-33-17-18-34(37)32-16-15-31(33)36(32,35(37)21-19-25(20-22-35)26(23-39)24-40)27-11-13-30(14-12-27)41(28-7-3-1-4-8-28)29-9-5-2-6-10-29/h1-14,19-22,31-34H,15-18H2. The molecule has 8 rings (SSSR count). The summed E-state index contributed by atoms with van der Waals surface area (Å²) >= 11 is 7.94. The fraction of sp³-hybridized carbons (Fsp3) is 0.297. The van der Waals surface area contributed by atoms with Crippen molar-refractivity contribution in [1.29, 1.82) is 10.5 Å². The maximum Gasteiger partial charge on any atom is 0.136 e. The molecule has 5 aliphatic rings. The van der Waals surface area contributed by atoms with Gasteiger partial charge in [0.15, 0.2) is 0 Å². The smallest absolute Gasteiger partial charge is 0.136 e. The van der Waals surface area contributed by atoms with Crippen LogP contribution in [0.5, 0.6) is 0 Å². The van der Waals surface area contributed by atoms with Crippen LogP contribution < -0.4 is 4.90 Å². The molecule has 0 aliphatic heterocycles. The molecule has 4 fully saturated rings. The van der Waals surface area contributed by atoms with Crippen LogP contribution in [0.2, 0.25) is 0 Å². The van der Waals surface area contributed by atoms with E-state index < -0.39 is 0 Å². The number of nitrogens with zero attached hydrogens (tertiary/aromatic N) is 3. The average molecular weight is 552 g/mol. The Balaban J connectivity index is 1.28. The largest absolute Gasteiger partial charge is 0.311 e. The van der Waals surface area contributed by atoms with Gasteiger partial charge in [-0.05, 0) is 91.3 Å². The van der Waals surface area contributed by atoms with Crippen molar-refractivity contribution in [3.8, 4) is 12.1 Å². The maximum atomic E-state index is 9.53. The van der Waals surface area contributed by atoms with Gasteiger partial charge in [0, 0.05) is 33.5 Å². The number of anilines is 3. The molecule has 5 aliphatic carbocycles. The Bertz CT molecular complexity index is 1610. The number of nitriles is 2. The second-order valence-electron chi connectivity index (χ2n) is 12.4. The predicted octanol–water partition coefficient (Wildman–Crippen LogP) is 8.91. The lowest BCUT2D eigenvalue weighted by Crippen LogP contribution is -2.45. The van der Waals surface area contributed by atoms with Crippen molar-refractivity contribution in [2.45, 2.75) is 36.0 Å². The molecule has 2 bridgehead atoms. The molecule has 0 aromatic heterocycles. The van der Waals surface area contributed by atoms with Gasteiger partial charge in [0.05, 0.1) is 4.87 Å². The third kappa shape index (κ3) is 2.88. The van der Waals surface area contributed by atoms with Crippen LogP contribution in [-0.4, -0.2) is 4.87 Å². The zero-order valence-electron chi connectivity index (χ0n) is 22.7. The number of benzene rings is 3. The van der Waals surface area contributed by atoms with E-state index in [1.54, 1.807) is 0 Å². The monoisotopic (exact) mass is 551 g/mol. The lowest BCUT2D eigenvalue weighted by molar-refractivity contribution is 0.186. The molecule has 1 spiro atoms. The Morgan fingerprint density at radius 1 is 0.659 bits per heavy atom. The van der Waals surface area contributed by atoms with E-state index in [0.717, 1.165) is 17.1 Å². The molecule has 3 aromatic carbocycles. The van der Waals surface area contributed by atoms with Crippen LogP contribution in [0.25, 0.3) is 0 Å². The molecule has 4 unspecified atom stereocenters. The van der Waals surface area contributed by atoms with Crippen molar-refractivity contribution in [2.75, 3.05) is 4.90 Å². The lowest BCUT2D eigenvalue weighted by Gasteiger charge is -2.46. The first-order valence-corrected chi connectivity index (χ1v) is 15.1. The minimum absolute atomic E-state index is 0.0819. The van der Waals surface area contributed by atoms with Gasteiger partial charge in [0.2, 0.25) is 0 Å². The summed E-state index contributed by atoms with van der Waals surface area (Å²) in [5, 5.41) is 19.1. The van der Waals surface area contributed by atoms with E-state index in [4.69, 9.17) is 11.6 Å². The summed E-state index contributed by atoms with van der Waals surface area (Å²) in [6.45, 7) is 0. The number of para-hydroxylation sites is 2. The number of hydrogen-bond acceptors (Lipinski definition) is 3. The zero-order chi connectivity index (χ0) is 27.8. The molecule has 200 valence electrons. The van der Waals surface area contributed by atoms with E-state index in [0.29, 0.717) is 29.2 Å². The van der Waals surface area contributed by atoms with Crippen LogP contribution in [0.1, 0.15) is 31.2 Å². The van der Waals surface area contributed by atoms with Gasteiger partial charge in [-0.3, -0.25) is 0 Å². The first kappa shape index (κ1) is 24.7. The van der Waals surface area contributed by atoms with E-state index >= 15 is 0 Å². The van der Waals surface area contributed by atoms with Gasteiger partial charge in [-0.25, -0.2) is 0 Å². The number of rotatable bonds is 4. The normalized spacial score (nSPS) is 35.0. The maximum absolute atomic E-state index is 9.53.